The van der Waals surface area contributed by atoms with Gasteiger partial charge in [-0.05, 0) is 31.7 Å². The van der Waals surface area contributed by atoms with Crippen LogP contribution in [-0.2, 0) is 14.3 Å². The topological polar surface area (TPSA) is 67.4 Å². The average Bonchev–Trinajstić information content (AvgIpc) is 2.46. The summed E-state index contributed by atoms with van der Waals surface area (Å²) in [6, 6.07) is 8.97. The first-order valence-corrected chi connectivity index (χ1v) is 8.06. The summed E-state index contributed by atoms with van der Waals surface area (Å²) in [5, 5.41) is 5.92. The summed E-state index contributed by atoms with van der Waals surface area (Å²) in [6.07, 6.45) is 0.148. The monoisotopic (exact) mass is 318 g/mol. The van der Waals surface area contributed by atoms with Gasteiger partial charge in [0.2, 0.25) is 5.91 Å². The molecule has 2 rings (SSSR count). The van der Waals surface area contributed by atoms with E-state index in [4.69, 9.17) is 4.74 Å². The molecular weight excluding hydrogens is 292 g/mol. The highest BCUT2D eigenvalue weighted by atomic mass is 16.5. The van der Waals surface area contributed by atoms with Crippen LogP contribution in [0.3, 0.4) is 0 Å². The Kier molecular flexibility index (Phi) is 5.42. The molecule has 1 saturated heterocycles. The lowest BCUT2D eigenvalue weighted by Gasteiger charge is -2.35. The van der Waals surface area contributed by atoms with Crippen molar-refractivity contribution in [3.8, 4) is 0 Å². The molecule has 23 heavy (non-hydrogen) atoms. The maximum absolute atomic E-state index is 12.7. The summed E-state index contributed by atoms with van der Waals surface area (Å²) in [7, 11) is 0. The quantitative estimate of drug-likeness (QED) is 0.874. The molecule has 1 aliphatic heterocycles. The minimum Gasteiger partial charge on any atom is -0.356 e. The fourth-order valence-electron chi connectivity index (χ4n) is 3.17. The van der Waals surface area contributed by atoms with E-state index in [1.54, 1.807) is 0 Å². The molecule has 2 atom stereocenters. The molecule has 0 aliphatic carbocycles. The van der Waals surface area contributed by atoms with E-state index in [0.717, 1.165) is 12.0 Å². The largest absolute Gasteiger partial charge is 0.356 e. The van der Waals surface area contributed by atoms with Gasteiger partial charge in [-0.2, -0.15) is 0 Å². The summed E-state index contributed by atoms with van der Waals surface area (Å²) in [6.45, 7) is 8.16. The summed E-state index contributed by atoms with van der Waals surface area (Å²) in [5.41, 5.74) is 0.541. The van der Waals surface area contributed by atoms with Gasteiger partial charge in [0.1, 0.15) is 6.61 Å². The molecule has 0 spiro atoms. The lowest BCUT2D eigenvalue weighted by Crippen LogP contribution is -2.56. The minimum absolute atomic E-state index is 0.0912. The highest BCUT2D eigenvalue weighted by Crippen LogP contribution is 2.24. The third-order valence-corrected chi connectivity index (χ3v) is 3.81. The van der Waals surface area contributed by atoms with Crippen LogP contribution in [0.2, 0.25) is 0 Å². The highest BCUT2D eigenvalue weighted by molar-refractivity contribution is 5.86. The Morgan fingerprint density at radius 2 is 2.00 bits per heavy atom. The molecule has 0 saturated carbocycles. The molecule has 0 aromatic heterocycles. The van der Waals surface area contributed by atoms with E-state index in [9.17, 15) is 9.59 Å². The number of nitrogens with one attached hydrogen (secondary N) is 2. The van der Waals surface area contributed by atoms with Gasteiger partial charge < -0.3 is 15.4 Å². The van der Waals surface area contributed by atoms with Crippen molar-refractivity contribution in [3.05, 3.63) is 35.9 Å². The molecule has 1 fully saturated rings. The van der Waals surface area contributed by atoms with Crippen LogP contribution in [0.1, 0.15) is 45.7 Å². The summed E-state index contributed by atoms with van der Waals surface area (Å²) in [5.74, 6) is 0.0797. The fraction of sp³-hybridized carbons (Fsp3) is 0.556. The summed E-state index contributed by atoms with van der Waals surface area (Å²) < 4.78 is 5.55. The SMILES string of the molecule is CC(C)CC(C)(C)NC(=O)[C@H]1OCC(=O)N[C@@H]1c1ccccc1. The third kappa shape index (κ3) is 4.79. The number of hydrogen-bond donors (Lipinski definition) is 2. The first kappa shape index (κ1) is 17.5. The molecule has 0 radical (unpaired) electrons. The molecule has 5 nitrogen and oxygen atoms in total. The Labute approximate surface area is 137 Å². The normalized spacial score (nSPS) is 21.9. The Bertz CT molecular complexity index is 555. The van der Waals surface area contributed by atoms with Crippen molar-refractivity contribution in [2.45, 2.75) is 51.8 Å². The number of carbonyl (C=O) groups is 2. The standard InChI is InChI=1S/C18H26N2O3/c1-12(2)10-18(3,4)20-17(22)16-15(19-14(21)11-23-16)13-8-6-5-7-9-13/h5-9,12,15-16H,10-11H2,1-4H3,(H,19,21)(H,20,22)/t15-,16+/m1/s1. The second-order valence-electron chi connectivity index (χ2n) is 7.16. The number of morpholine rings is 1. The van der Waals surface area contributed by atoms with E-state index in [2.05, 4.69) is 24.5 Å². The molecule has 0 unspecified atom stereocenters. The predicted octanol–water partition coefficient (Wildman–Crippen LogP) is 2.18. The molecule has 1 aromatic rings. The van der Waals surface area contributed by atoms with E-state index in [1.807, 2.05) is 44.2 Å². The number of rotatable bonds is 5. The number of amides is 2. The van der Waals surface area contributed by atoms with Crippen LogP contribution in [0, 0.1) is 5.92 Å². The van der Waals surface area contributed by atoms with Gasteiger partial charge in [0.05, 0.1) is 6.04 Å². The van der Waals surface area contributed by atoms with Crippen molar-refractivity contribution in [3.63, 3.8) is 0 Å². The lowest BCUT2D eigenvalue weighted by atomic mass is 9.91. The van der Waals surface area contributed by atoms with Crippen LogP contribution in [0.4, 0.5) is 0 Å². The van der Waals surface area contributed by atoms with E-state index in [1.165, 1.54) is 0 Å². The Morgan fingerprint density at radius 3 is 2.61 bits per heavy atom. The maximum Gasteiger partial charge on any atom is 0.252 e. The lowest BCUT2D eigenvalue weighted by molar-refractivity contribution is -0.149. The van der Waals surface area contributed by atoms with Crippen molar-refractivity contribution in [2.24, 2.45) is 5.92 Å². The van der Waals surface area contributed by atoms with Gasteiger partial charge in [-0.1, -0.05) is 44.2 Å². The van der Waals surface area contributed by atoms with Gasteiger partial charge in [0.15, 0.2) is 6.10 Å². The zero-order chi connectivity index (χ0) is 17.0. The van der Waals surface area contributed by atoms with Gasteiger partial charge in [-0.25, -0.2) is 0 Å². The molecule has 5 heteroatoms. The molecule has 0 bridgehead atoms. The Morgan fingerprint density at radius 1 is 1.35 bits per heavy atom. The van der Waals surface area contributed by atoms with Crippen molar-refractivity contribution < 1.29 is 14.3 Å². The zero-order valence-electron chi connectivity index (χ0n) is 14.3. The van der Waals surface area contributed by atoms with Crippen LogP contribution in [-0.4, -0.2) is 30.1 Å². The van der Waals surface area contributed by atoms with Gasteiger partial charge in [0, 0.05) is 5.54 Å². The van der Waals surface area contributed by atoms with Crippen LogP contribution >= 0.6 is 0 Å². The number of benzene rings is 1. The molecule has 1 heterocycles. The second kappa shape index (κ2) is 7.13. The van der Waals surface area contributed by atoms with Crippen molar-refractivity contribution in [1.29, 1.82) is 0 Å². The van der Waals surface area contributed by atoms with Gasteiger partial charge in [-0.3, -0.25) is 9.59 Å². The Balaban J connectivity index is 2.15. The summed E-state index contributed by atoms with van der Waals surface area (Å²) >= 11 is 0. The van der Waals surface area contributed by atoms with Gasteiger partial charge >= 0.3 is 0 Å². The molecule has 2 N–H and O–H groups in total. The van der Waals surface area contributed by atoms with Crippen LogP contribution in [0.5, 0.6) is 0 Å². The van der Waals surface area contributed by atoms with E-state index >= 15 is 0 Å². The number of carbonyl (C=O) groups excluding carboxylic acids is 2. The van der Waals surface area contributed by atoms with Gasteiger partial charge in [-0.15, -0.1) is 0 Å². The van der Waals surface area contributed by atoms with Gasteiger partial charge in [0.25, 0.3) is 5.91 Å². The zero-order valence-corrected chi connectivity index (χ0v) is 14.3. The second-order valence-corrected chi connectivity index (χ2v) is 7.16. The number of ether oxygens (including phenoxy) is 1. The first-order valence-electron chi connectivity index (χ1n) is 8.06. The maximum atomic E-state index is 12.7. The van der Waals surface area contributed by atoms with Crippen LogP contribution in [0.25, 0.3) is 0 Å². The molecule has 1 aromatic carbocycles. The van der Waals surface area contributed by atoms with Crippen LogP contribution < -0.4 is 10.6 Å². The first-order chi connectivity index (χ1) is 10.8. The van der Waals surface area contributed by atoms with Crippen molar-refractivity contribution >= 4 is 11.8 Å². The smallest absolute Gasteiger partial charge is 0.252 e. The molecule has 2 amide bonds. The van der Waals surface area contributed by atoms with Crippen molar-refractivity contribution in [2.75, 3.05) is 6.61 Å². The summed E-state index contributed by atoms with van der Waals surface area (Å²) in [4.78, 5) is 24.4. The third-order valence-electron chi connectivity index (χ3n) is 3.81. The predicted molar refractivity (Wildman–Crippen MR) is 88.7 cm³/mol. The molecule has 1 aliphatic rings. The van der Waals surface area contributed by atoms with E-state index < -0.39 is 12.1 Å². The number of hydrogen-bond acceptors (Lipinski definition) is 3. The average molecular weight is 318 g/mol. The highest BCUT2D eigenvalue weighted by Gasteiger charge is 2.37. The Hall–Kier alpha value is -1.88. The van der Waals surface area contributed by atoms with Crippen molar-refractivity contribution in [1.82, 2.24) is 10.6 Å². The van der Waals surface area contributed by atoms with Crippen LogP contribution in [0.15, 0.2) is 30.3 Å². The molecule has 126 valence electrons. The van der Waals surface area contributed by atoms with E-state index in [0.29, 0.717) is 5.92 Å². The fourth-order valence-corrected chi connectivity index (χ4v) is 3.17. The minimum atomic E-state index is -0.721. The molecular formula is C18H26N2O3. The van der Waals surface area contributed by atoms with E-state index in [-0.39, 0.29) is 24.0 Å².